The lowest BCUT2D eigenvalue weighted by atomic mass is 9.97. The Bertz CT molecular complexity index is 788. The third-order valence-corrected chi connectivity index (χ3v) is 7.09. The van der Waals surface area contributed by atoms with Gasteiger partial charge < -0.3 is 16.0 Å². The number of likely N-dealkylation sites (tertiary alicyclic amines) is 1. The first-order valence-electron chi connectivity index (χ1n) is 9.33. The monoisotopic (exact) mass is 394 g/mol. The number of piperidine rings is 2. The lowest BCUT2D eigenvalue weighted by Gasteiger charge is -2.30. The van der Waals surface area contributed by atoms with E-state index >= 15 is 0 Å². The largest absolute Gasteiger partial charge is 0.351 e. The number of sulfonamides is 1. The van der Waals surface area contributed by atoms with Crippen LogP contribution in [0.5, 0.6) is 0 Å². The van der Waals surface area contributed by atoms with E-state index in [1.807, 2.05) is 0 Å². The number of urea groups is 1. The first-order chi connectivity index (χ1) is 12.9. The van der Waals surface area contributed by atoms with E-state index in [4.69, 9.17) is 5.73 Å². The van der Waals surface area contributed by atoms with Crippen molar-refractivity contribution >= 4 is 27.6 Å². The fourth-order valence-corrected chi connectivity index (χ4v) is 5.12. The molecule has 1 aromatic rings. The average molecular weight is 394 g/mol. The van der Waals surface area contributed by atoms with Crippen molar-refractivity contribution < 1.29 is 18.0 Å². The third-order valence-electron chi connectivity index (χ3n) is 5.18. The molecule has 2 fully saturated rings. The Kier molecular flexibility index (Phi) is 6.01. The molecule has 27 heavy (non-hydrogen) atoms. The molecule has 2 aliphatic heterocycles. The van der Waals surface area contributed by atoms with E-state index < -0.39 is 16.1 Å². The van der Waals surface area contributed by atoms with E-state index in [1.54, 1.807) is 12.1 Å². The van der Waals surface area contributed by atoms with Gasteiger partial charge in [0, 0.05) is 31.9 Å². The lowest BCUT2D eigenvalue weighted by molar-refractivity contribution is -0.121. The number of carbonyl (C=O) groups is 2. The maximum Gasteiger partial charge on any atom is 0.314 e. The molecule has 0 radical (unpaired) electrons. The van der Waals surface area contributed by atoms with Crippen molar-refractivity contribution in [3.05, 3.63) is 24.3 Å². The normalized spacial score (nSPS) is 21.6. The molecule has 8 nitrogen and oxygen atoms in total. The minimum Gasteiger partial charge on any atom is -0.351 e. The van der Waals surface area contributed by atoms with Gasteiger partial charge in [-0.15, -0.1) is 0 Å². The summed E-state index contributed by atoms with van der Waals surface area (Å²) >= 11 is 0. The molecule has 0 saturated carbocycles. The van der Waals surface area contributed by atoms with Crippen molar-refractivity contribution in [3.8, 4) is 0 Å². The summed E-state index contributed by atoms with van der Waals surface area (Å²) < 4.78 is 26.8. The predicted molar refractivity (Wildman–Crippen MR) is 102 cm³/mol. The van der Waals surface area contributed by atoms with E-state index in [2.05, 4.69) is 5.32 Å². The quantitative estimate of drug-likeness (QED) is 0.807. The van der Waals surface area contributed by atoms with Crippen LogP contribution in [0, 0.1) is 5.92 Å². The van der Waals surface area contributed by atoms with Gasteiger partial charge in [-0.1, -0.05) is 6.42 Å². The van der Waals surface area contributed by atoms with E-state index in [0.29, 0.717) is 38.3 Å². The van der Waals surface area contributed by atoms with Gasteiger partial charge in [0.2, 0.25) is 15.9 Å². The molecule has 1 atom stereocenters. The number of nitrogens with one attached hydrogen (secondary N) is 1. The van der Waals surface area contributed by atoms with Crippen molar-refractivity contribution in [3.63, 3.8) is 0 Å². The van der Waals surface area contributed by atoms with Gasteiger partial charge in [-0.05, 0) is 49.9 Å². The summed E-state index contributed by atoms with van der Waals surface area (Å²) in [4.78, 5) is 25.5. The molecule has 0 bridgehead atoms. The highest BCUT2D eigenvalue weighted by Crippen LogP contribution is 2.23. The molecule has 1 aromatic carbocycles. The van der Waals surface area contributed by atoms with Crippen molar-refractivity contribution in [1.82, 2.24) is 9.21 Å². The second-order valence-electron chi connectivity index (χ2n) is 7.10. The lowest BCUT2D eigenvalue weighted by Crippen LogP contribution is -2.46. The van der Waals surface area contributed by atoms with Gasteiger partial charge in [-0.2, -0.15) is 4.31 Å². The van der Waals surface area contributed by atoms with Gasteiger partial charge in [-0.3, -0.25) is 4.79 Å². The van der Waals surface area contributed by atoms with E-state index in [0.717, 1.165) is 25.7 Å². The second-order valence-corrected chi connectivity index (χ2v) is 9.04. The number of carbonyl (C=O) groups excluding carboxylic acids is 2. The summed E-state index contributed by atoms with van der Waals surface area (Å²) in [5, 5.41) is 2.80. The van der Waals surface area contributed by atoms with Crippen LogP contribution in [0.25, 0.3) is 0 Å². The third kappa shape index (κ3) is 4.59. The maximum absolute atomic E-state index is 12.7. The van der Waals surface area contributed by atoms with Crippen LogP contribution < -0.4 is 11.1 Å². The Morgan fingerprint density at radius 1 is 1.00 bits per heavy atom. The molecule has 3 amide bonds. The van der Waals surface area contributed by atoms with Crippen molar-refractivity contribution in [2.45, 2.75) is 37.0 Å². The molecule has 3 rings (SSSR count). The summed E-state index contributed by atoms with van der Waals surface area (Å²) in [7, 11) is -3.48. The van der Waals surface area contributed by atoms with Gasteiger partial charge in [0.1, 0.15) is 0 Å². The average Bonchev–Trinajstić information content (AvgIpc) is 2.69. The van der Waals surface area contributed by atoms with E-state index in [1.165, 1.54) is 21.3 Å². The van der Waals surface area contributed by atoms with Crippen molar-refractivity contribution in [1.29, 1.82) is 0 Å². The Hall–Kier alpha value is -2.13. The Balaban J connectivity index is 1.63. The molecule has 2 heterocycles. The molecule has 0 unspecified atom stereocenters. The Morgan fingerprint density at radius 3 is 2.30 bits per heavy atom. The maximum atomic E-state index is 12.7. The second kappa shape index (κ2) is 8.26. The highest BCUT2D eigenvalue weighted by atomic mass is 32.2. The zero-order chi connectivity index (χ0) is 19.4. The number of anilines is 1. The van der Waals surface area contributed by atoms with Gasteiger partial charge in [0.25, 0.3) is 0 Å². The van der Waals surface area contributed by atoms with Crippen LogP contribution in [0.15, 0.2) is 29.2 Å². The molecule has 3 N–H and O–H groups in total. The Labute approximate surface area is 159 Å². The molecule has 9 heteroatoms. The van der Waals surface area contributed by atoms with Crippen molar-refractivity contribution in [2.75, 3.05) is 31.5 Å². The van der Waals surface area contributed by atoms with Crippen LogP contribution in [-0.4, -0.2) is 55.7 Å². The number of nitrogens with two attached hydrogens (primary N) is 1. The van der Waals surface area contributed by atoms with Gasteiger partial charge in [0.15, 0.2) is 0 Å². The minimum absolute atomic E-state index is 0.187. The molecule has 2 saturated heterocycles. The fourth-order valence-electron chi connectivity index (χ4n) is 3.60. The Morgan fingerprint density at radius 2 is 1.67 bits per heavy atom. The molecule has 2 aliphatic rings. The molecule has 0 spiro atoms. The number of hydrogen-bond acceptors (Lipinski definition) is 4. The van der Waals surface area contributed by atoms with Crippen molar-refractivity contribution in [2.24, 2.45) is 11.7 Å². The predicted octanol–water partition coefficient (Wildman–Crippen LogP) is 1.59. The minimum atomic E-state index is -3.48. The van der Waals surface area contributed by atoms with Gasteiger partial charge >= 0.3 is 6.03 Å². The summed E-state index contributed by atoms with van der Waals surface area (Å²) in [6.45, 7) is 1.99. The van der Waals surface area contributed by atoms with Gasteiger partial charge in [-0.25, -0.2) is 13.2 Å². The molecule has 148 valence electrons. The highest BCUT2D eigenvalue weighted by molar-refractivity contribution is 7.89. The standard InChI is InChI=1S/C18H26N4O4S/c19-18(24)21-10-4-5-14(13-21)17(23)20-15-6-8-16(9-7-15)27(25,26)22-11-2-1-3-12-22/h6-9,14H,1-5,10-13H2,(H2,19,24)(H,20,23)/t14-/m1/s1. The highest BCUT2D eigenvalue weighted by Gasteiger charge is 2.28. The van der Waals surface area contributed by atoms with Crippen LogP contribution in [0.3, 0.4) is 0 Å². The van der Waals surface area contributed by atoms with Crippen LogP contribution in [-0.2, 0) is 14.8 Å². The van der Waals surface area contributed by atoms with Gasteiger partial charge in [0.05, 0.1) is 10.8 Å². The summed E-state index contributed by atoms with van der Waals surface area (Å²) in [6, 6.07) is 5.73. The number of hydrogen-bond donors (Lipinski definition) is 2. The summed E-state index contributed by atoms with van der Waals surface area (Å²) in [6.07, 6.45) is 4.25. The van der Waals surface area contributed by atoms with Crippen LogP contribution in [0.2, 0.25) is 0 Å². The van der Waals surface area contributed by atoms with E-state index in [-0.39, 0.29) is 16.7 Å². The van der Waals surface area contributed by atoms with Crippen LogP contribution in [0.4, 0.5) is 10.5 Å². The van der Waals surface area contributed by atoms with Crippen LogP contribution in [0.1, 0.15) is 32.1 Å². The SMILES string of the molecule is NC(=O)N1CCC[C@@H](C(=O)Nc2ccc(S(=O)(=O)N3CCCCC3)cc2)C1. The van der Waals surface area contributed by atoms with Crippen LogP contribution >= 0.6 is 0 Å². The molecular formula is C18H26N4O4S. The molecular weight excluding hydrogens is 368 g/mol. The first kappa shape index (κ1) is 19.6. The number of rotatable bonds is 4. The number of benzene rings is 1. The molecule has 0 aromatic heterocycles. The summed E-state index contributed by atoms with van der Waals surface area (Å²) in [5.41, 5.74) is 5.83. The van der Waals surface area contributed by atoms with E-state index in [9.17, 15) is 18.0 Å². The number of amides is 3. The zero-order valence-electron chi connectivity index (χ0n) is 15.3. The smallest absolute Gasteiger partial charge is 0.314 e. The topological polar surface area (TPSA) is 113 Å². The number of nitrogens with zero attached hydrogens (tertiary/aromatic N) is 2. The number of primary amides is 1. The first-order valence-corrected chi connectivity index (χ1v) is 10.8. The zero-order valence-corrected chi connectivity index (χ0v) is 16.1. The summed E-state index contributed by atoms with van der Waals surface area (Å²) in [5.74, 6) is -0.504. The fraction of sp³-hybridized carbons (Fsp3) is 0.556. The molecule has 0 aliphatic carbocycles.